The van der Waals surface area contributed by atoms with Crippen LogP contribution in [0.3, 0.4) is 0 Å². The SMILES string of the molecule is CN(Cc1ccc(Br)s1)C(=O)COc1ccc(F)cc1. The van der Waals surface area contributed by atoms with Gasteiger partial charge in [-0.25, -0.2) is 4.39 Å². The summed E-state index contributed by atoms with van der Waals surface area (Å²) in [7, 11) is 1.73. The predicted octanol–water partition coefficient (Wildman–Crippen LogP) is 3.69. The number of hydrogen-bond acceptors (Lipinski definition) is 3. The summed E-state index contributed by atoms with van der Waals surface area (Å²) in [5.41, 5.74) is 0. The number of halogens is 2. The second-order valence-corrected chi connectivity index (χ2v) is 6.75. The van der Waals surface area contributed by atoms with Crippen LogP contribution in [-0.4, -0.2) is 24.5 Å². The third kappa shape index (κ3) is 4.31. The molecule has 0 saturated carbocycles. The van der Waals surface area contributed by atoms with Crippen LogP contribution in [0.25, 0.3) is 0 Å². The summed E-state index contributed by atoms with van der Waals surface area (Å²) in [6.45, 7) is 0.483. The van der Waals surface area contributed by atoms with Crippen molar-refractivity contribution in [3.05, 3.63) is 50.9 Å². The van der Waals surface area contributed by atoms with Gasteiger partial charge in [-0.1, -0.05) is 0 Å². The quantitative estimate of drug-likeness (QED) is 0.816. The van der Waals surface area contributed by atoms with Crippen molar-refractivity contribution in [2.75, 3.05) is 13.7 Å². The van der Waals surface area contributed by atoms with Crippen LogP contribution in [0.1, 0.15) is 4.88 Å². The summed E-state index contributed by atoms with van der Waals surface area (Å²) >= 11 is 4.98. The molecule has 2 aromatic rings. The minimum atomic E-state index is -0.330. The fourth-order valence-corrected chi connectivity index (χ4v) is 3.08. The number of nitrogens with zero attached hydrogens (tertiary/aromatic N) is 1. The summed E-state index contributed by atoms with van der Waals surface area (Å²) in [4.78, 5) is 14.6. The Kier molecular flexibility index (Phi) is 5.14. The maximum absolute atomic E-state index is 12.7. The minimum Gasteiger partial charge on any atom is -0.484 e. The van der Waals surface area contributed by atoms with Crippen LogP contribution < -0.4 is 4.74 Å². The van der Waals surface area contributed by atoms with Crippen LogP contribution in [0.4, 0.5) is 4.39 Å². The van der Waals surface area contributed by atoms with E-state index in [0.29, 0.717) is 12.3 Å². The number of likely N-dealkylation sites (N-methyl/N-ethyl adjacent to an activating group) is 1. The Morgan fingerprint density at radius 3 is 2.60 bits per heavy atom. The van der Waals surface area contributed by atoms with E-state index < -0.39 is 0 Å². The lowest BCUT2D eigenvalue weighted by Crippen LogP contribution is -2.30. The summed E-state index contributed by atoms with van der Waals surface area (Å²) in [6, 6.07) is 9.52. The van der Waals surface area contributed by atoms with Gasteiger partial charge in [-0.05, 0) is 52.3 Å². The molecule has 3 nitrogen and oxygen atoms in total. The molecule has 0 atom stereocenters. The average Bonchev–Trinajstić information content (AvgIpc) is 2.83. The van der Waals surface area contributed by atoms with E-state index in [1.165, 1.54) is 24.3 Å². The van der Waals surface area contributed by atoms with Gasteiger partial charge in [-0.2, -0.15) is 0 Å². The molecular weight excluding hydrogens is 345 g/mol. The molecule has 0 saturated heterocycles. The average molecular weight is 358 g/mol. The maximum atomic E-state index is 12.7. The van der Waals surface area contributed by atoms with E-state index in [9.17, 15) is 9.18 Å². The molecule has 0 aliphatic rings. The molecule has 1 heterocycles. The zero-order valence-corrected chi connectivity index (χ0v) is 13.2. The van der Waals surface area contributed by atoms with Gasteiger partial charge in [-0.3, -0.25) is 4.79 Å². The van der Waals surface area contributed by atoms with Gasteiger partial charge in [0.05, 0.1) is 10.3 Å². The van der Waals surface area contributed by atoms with Crippen LogP contribution >= 0.6 is 27.3 Å². The Balaban J connectivity index is 1.83. The monoisotopic (exact) mass is 357 g/mol. The van der Waals surface area contributed by atoms with Crippen molar-refractivity contribution in [1.82, 2.24) is 4.90 Å². The zero-order chi connectivity index (χ0) is 14.5. The van der Waals surface area contributed by atoms with Gasteiger partial charge >= 0.3 is 0 Å². The van der Waals surface area contributed by atoms with E-state index in [2.05, 4.69) is 15.9 Å². The van der Waals surface area contributed by atoms with Gasteiger partial charge in [0, 0.05) is 11.9 Å². The van der Waals surface area contributed by atoms with E-state index in [4.69, 9.17) is 4.74 Å². The van der Waals surface area contributed by atoms with Crippen molar-refractivity contribution >= 4 is 33.2 Å². The van der Waals surface area contributed by atoms with Crippen LogP contribution in [0, 0.1) is 5.82 Å². The molecule has 106 valence electrons. The number of carbonyl (C=O) groups excluding carboxylic acids is 1. The van der Waals surface area contributed by atoms with Crippen molar-refractivity contribution in [3.8, 4) is 5.75 Å². The Bertz CT molecular complexity index is 585. The summed E-state index contributed by atoms with van der Waals surface area (Å²) in [5, 5.41) is 0. The highest BCUT2D eigenvalue weighted by molar-refractivity contribution is 9.11. The van der Waals surface area contributed by atoms with Crippen molar-refractivity contribution in [2.24, 2.45) is 0 Å². The molecule has 0 bridgehead atoms. The zero-order valence-electron chi connectivity index (χ0n) is 10.8. The third-order valence-corrected chi connectivity index (χ3v) is 4.23. The molecule has 2 rings (SSSR count). The number of thiophene rings is 1. The molecule has 0 aliphatic heterocycles. The Hall–Kier alpha value is -1.40. The van der Waals surface area contributed by atoms with E-state index in [-0.39, 0.29) is 18.3 Å². The molecule has 0 radical (unpaired) electrons. The number of amides is 1. The third-order valence-electron chi connectivity index (χ3n) is 2.62. The topological polar surface area (TPSA) is 29.5 Å². The summed E-state index contributed by atoms with van der Waals surface area (Å²) < 4.78 is 19.1. The van der Waals surface area contributed by atoms with Gasteiger partial charge in [-0.15, -0.1) is 11.3 Å². The van der Waals surface area contributed by atoms with Crippen molar-refractivity contribution in [2.45, 2.75) is 6.54 Å². The predicted molar refractivity (Wildman–Crippen MR) is 80.4 cm³/mol. The Labute approximate surface area is 129 Å². The molecule has 0 spiro atoms. The first-order valence-corrected chi connectivity index (χ1v) is 7.52. The van der Waals surface area contributed by atoms with E-state index in [0.717, 1.165) is 8.66 Å². The first-order valence-electron chi connectivity index (χ1n) is 5.91. The van der Waals surface area contributed by atoms with Gasteiger partial charge in [0.1, 0.15) is 11.6 Å². The molecule has 0 N–H and O–H groups in total. The van der Waals surface area contributed by atoms with E-state index in [1.54, 1.807) is 23.3 Å². The lowest BCUT2D eigenvalue weighted by molar-refractivity contribution is -0.132. The highest BCUT2D eigenvalue weighted by Crippen LogP contribution is 2.23. The summed E-state index contributed by atoms with van der Waals surface area (Å²) in [6.07, 6.45) is 0. The first-order chi connectivity index (χ1) is 9.54. The number of carbonyl (C=O) groups is 1. The normalized spacial score (nSPS) is 10.3. The molecule has 0 fully saturated rings. The number of ether oxygens (including phenoxy) is 1. The lowest BCUT2D eigenvalue weighted by Gasteiger charge is -2.16. The minimum absolute atomic E-state index is 0.0608. The van der Waals surface area contributed by atoms with Crippen LogP contribution in [-0.2, 0) is 11.3 Å². The fraction of sp³-hybridized carbons (Fsp3) is 0.214. The second-order valence-electron chi connectivity index (χ2n) is 4.20. The largest absolute Gasteiger partial charge is 0.484 e. The smallest absolute Gasteiger partial charge is 0.260 e. The lowest BCUT2D eigenvalue weighted by atomic mass is 10.3. The van der Waals surface area contributed by atoms with Crippen LogP contribution in [0.2, 0.25) is 0 Å². The number of rotatable bonds is 5. The maximum Gasteiger partial charge on any atom is 0.260 e. The highest BCUT2D eigenvalue weighted by Gasteiger charge is 2.11. The van der Waals surface area contributed by atoms with Crippen LogP contribution in [0.15, 0.2) is 40.2 Å². The molecule has 0 unspecified atom stereocenters. The molecule has 1 aromatic carbocycles. The summed E-state index contributed by atoms with van der Waals surface area (Å²) in [5.74, 6) is 0.0231. The molecule has 20 heavy (non-hydrogen) atoms. The number of benzene rings is 1. The van der Waals surface area contributed by atoms with Gasteiger partial charge in [0.25, 0.3) is 5.91 Å². The Morgan fingerprint density at radius 2 is 2.00 bits per heavy atom. The van der Waals surface area contributed by atoms with Gasteiger partial charge in [0.15, 0.2) is 6.61 Å². The van der Waals surface area contributed by atoms with E-state index in [1.807, 2.05) is 12.1 Å². The molecule has 1 amide bonds. The van der Waals surface area contributed by atoms with Crippen molar-refractivity contribution < 1.29 is 13.9 Å². The van der Waals surface area contributed by atoms with Gasteiger partial charge < -0.3 is 9.64 Å². The first kappa shape index (κ1) is 15.0. The standard InChI is InChI=1S/C14H13BrFNO2S/c1-17(8-12-6-7-13(15)20-12)14(18)9-19-11-4-2-10(16)3-5-11/h2-7H,8-9H2,1H3. The van der Waals surface area contributed by atoms with E-state index >= 15 is 0 Å². The molecular formula is C14H13BrFNO2S. The van der Waals surface area contributed by atoms with Crippen molar-refractivity contribution in [1.29, 1.82) is 0 Å². The highest BCUT2D eigenvalue weighted by atomic mass is 79.9. The van der Waals surface area contributed by atoms with Gasteiger partial charge in [0.2, 0.25) is 0 Å². The molecule has 6 heteroatoms. The molecule has 0 aliphatic carbocycles. The second kappa shape index (κ2) is 6.85. The fourth-order valence-electron chi connectivity index (χ4n) is 1.54. The van der Waals surface area contributed by atoms with Crippen molar-refractivity contribution in [3.63, 3.8) is 0 Å². The molecule has 1 aromatic heterocycles. The van der Waals surface area contributed by atoms with Crippen LogP contribution in [0.5, 0.6) is 5.75 Å². The Morgan fingerprint density at radius 1 is 1.30 bits per heavy atom. The number of hydrogen-bond donors (Lipinski definition) is 0.